The topological polar surface area (TPSA) is 75.7 Å². The molecule has 1 rings (SSSR count). The quantitative estimate of drug-likeness (QED) is 0.594. The van der Waals surface area contributed by atoms with Crippen LogP contribution in [0.3, 0.4) is 0 Å². The number of nitrogens with zero attached hydrogens (tertiary/aromatic N) is 1. The monoisotopic (exact) mass is 366 g/mol. The van der Waals surface area contributed by atoms with Crippen LogP contribution in [0.4, 0.5) is 5.69 Å². The summed E-state index contributed by atoms with van der Waals surface area (Å²) in [6, 6.07) is 5.17. The molecule has 0 saturated carbocycles. The second-order valence-corrected chi connectivity index (χ2v) is 6.18. The van der Waals surface area contributed by atoms with E-state index in [4.69, 9.17) is 16.3 Å². The number of nitrogens with one attached hydrogen (secondary N) is 1. The van der Waals surface area contributed by atoms with E-state index in [0.29, 0.717) is 17.3 Å². The molecule has 25 heavy (non-hydrogen) atoms. The molecule has 0 aliphatic rings. The average molecular weight is 367 g/mol. The maximum atomic E-state index is 12.2. The van der Waals surface area contributed by atoms with E-state index in [1.807, 2.05) is 6.92 Å². The number of aryl methyl sites for hydroxylation is 1. The van der Waals surface area contributed by atoms with Gasteiger partial charge in [-0.05, 0) is 45.4 Å². The van der Waals surface area contributed by atoms with Gasteiger partial charge >= 0.3 is 5.97 Å². The molecular weight excluding hydrogens is 344 g/mol. The van der Waals surface area contributed by atoms with Crippen molar-refractivity contribution in [2.45, 2.75) is 27.7 Å². The van der Waals surface area contributed by atoms with E-state index in [9.17, 15) is 14.4 Å². The number of likely N-dealkylation sites (N-methyl/N-ethyl adjacent to an activating group) is 1. The molecule has 0 saturated heterocycles. The number of hydrogen-bond donors (Lipinski definition) is 1. The van der Waals surface area contributed by atoms with Gasteiger partial charge in [-0.15, -0.1) is 0 Å². The van der Waals surface area contributed by atoms with Crippen LogP contribution in [0.25, 0.3) is 0 Å². The summed E-state index contributed by atoms with van der Waals surface area (Å²) in [5.41, 5.74) is 2.24. The van der Waals surface area contributed by atoms with Crippen molar-refractivity contribution in [3.63, 3.8) is 0 Å². The molecule has 136 valence electrons. The summed E-state index contributed by atoms with van der Waals surface area (Å²) in [5, 5.41) is 3.24. The lowest BCUT2D eigenvalue weighted by Crippen LogP contribution is -2.40. The van der Waals surface area contributed by atoms with Gasteiger partial charge in [0.15, 0.2) is 6.61 Å². The lowest BCUT2D eigenvalue weighted by molar-refractivity contribution is -0.148. The number of allylic oxidation sites excluding steroid dienone is 1. The minimum atomic E-state index is -0.580. The zero-order valence-corrected chi connectivity index (χ0v) is 15.6. The fraction of sp³-hybridized carbons (Fsp3) is 0.389. The molecule has 1 N–H and O–H groups in total. The Kier molecular flexibility index (Phi) is 8.15. The molecule has 1 aromatic rings. The Bertz CT molecular complexity index is 682. The Morgan fingerprint density at radius 2 is 1.96 bits per heavy atom. The molecule has 0 fully saturated rings. The van der Waals surface area contributed by atoms with Crippen molar-refractivity contribution in [2.24, 2.45) is 0 Å². The van der Waals surface area contributed by atoms with Crippen LogP contribution in [-0.4, -0.2) is 42.4 Å². The first-order valence-electron chi connectivity index (χ1n) is 7.88. The number of anilines is 1. The van der Waals surface area contributed by atoms with E-state index in [1.54, 1.807) is 39.0 Å². The summed E-state index contributed by atoms with van der Waals surface area (Å²) in [7, 11) is 0. The largest absolute Gasteiger partial charge is 0.452 e. The van der Waals surface area contributed by atoms with Crippen molar-refractivity contribution in [1.29, 1.82) is 0 Å². The molecule has 0 radical (unpaired) electrons. The average Bonchev–Trinajstić information content (AvgIpc) is 2.53. The lowest BCUT2D eigenvalue weighted by Gasteiger charge is -2.20. The number of ether oxygens (including phenoxy) is 1. The van der Waals surface area contributed by atoms with Crippen LogP contribution in [-0.2, 0) is 19.1 Å². The van der Waals surface area contributed by atoms with E-state index in [1.165, 1.54) is 11.0 Å². The number of carbonyl (C=O) groups is 3. The van der Waals surface area contributed by atoms with Crippen molar-refractivity contribution in [1.82, 2.24) is 4.90 Å². The van der Waals surface area contributed by atoms with Crippen LogP contribution in [0.1, 0.15) is 26.3 Å². The van der Waals surface area contributed by atoms with Crippen LogP contribution in [0, 0.1) is 6.92 Å². The SMILES string of the molecule is CCN(CC(=O)Nc1cc(Cl)ccc1C)C(=O)COC(=O)C=C(C)C. The predicted octanol–water partition coefficient (Wildman–Crippen LogP) is 2.94. The second-order valence-electron chi connectivity index (χ2n) is 5.74. The molecule has 0 unspecified atom stereocenters. The fourth-order valence-corrected chi connectivity index (χ4v) is 2.14. The third-order valence-corrected chi connectivity index (χ3v) is 3.52. The summed E-state index contributed by atoms with van der Waals surface area (Å²) >= 11 is 5.92. The number of rotatable bonds is 7. The van der Waals surface area contributed by atoms with E-state index < -0.39 is 18.5 Å². The number of amides is 2. The van der Waals surface area contributed by atoms with E-state index >= 15 is 0 Å². The molecule has 0 heterocycles. The van der Waals surface area contributed by atoms with Gasteiger partial charge in [-0.25, -0.2) is 4.79 Å². The van der Waals surface area contributed by atoms with Crippen LogP contribution in [0.5, 0.6) is 0 Å². The molecule has 0 aromatic heterocycles. The highest BCUT2D eigenvalue weighted by atomic mass is 35.5. The minimum Gasteiger partial charge on any atom is -0.452 e. The number of esters is 1. The zero-order valence-electron chi connectivity index (χ0n) is 14.9. The normalized spacial score (nSPS) is 9.96. The maximum Gasteiger partial charge on any atom is 0.331 e. The van der Waals surface area contributed by atoms with Gasteiger partial charge < -0.3 is 15.0 Å². The number of hydrogen-bond acceptors (Lipinski definition) is 4. The summed E-state index contributed by atoms with van der Waals surface area (Å²) < 4.78 is 4.88. The Morgan fingerprint density at radius 3 is 2.56 bits per heavy atom. The predicted molar refractivity (Wildman–Crippen MR) is 97.5 cm³/mol. The molecular formula is C18H23ClN2O4. The molecule has 0 aliphatic heterocycles. The number of carbonyl (C=O) groups excluding carboxylic acids is 3. The van der Waals surface area contributed by atoms with Gasteiger partial charge in [0.05, 0.1) is 6.54 Å². The Balaban J connectivity index is 2.60. The number of benzene rings is 1. The maximum absolute atomic E-state index is 12.2. The van der Waals surface area contributed by atoms with Crippen LogP contribution >= 0.6 is 11.6 Å². The smallest absolute Gasteiger partial charge is 0.331 e. The molecule has 1 aromatic carbocycles. The molecule has 2 amide bonds. The van der Waals surface area contributed by atoms with Gasteiger partial charge in [0.2, 0.25) is 5.91 Å². The lowest BCUT2D eigenvalue weighted by atomic mass is 10.2. The first kappa shape index (κ1) is 20.7. The Labute approximate surface area is 152 Å². The summed E-state index contributed by atoms with van der Waals surface area (Å²) in [6.45, 7) is 6.88. The van der Waals surface area contributed by atoms with Crippen molar-refractivity contribution >= 4 is 35.1 Å². The first-order chi connectivity index (χ1) is 11.7. The van der Waals surface area contributed by atoms with Crippen LogP contribution in [0.2, 0.25) is 5.02 Å². The highest BCUT2D eigenvalue weighted by molar-refractivity contribution is 6.31. The van der Waals surface area contributed by atoms with E-state index in [-0.39, 0.29) is 12.5 Å². The fourth-order valence-electron chi connectivity index (χ4n) is 1.97. The van der Waals surface area contributed by atoms with Crippen molar-refractivity contribution in [2.75, 3.05) is 25.0 Å². The van der Waals surface area contributed by atoms with Gasteiger partial charge in [0.1, 0.15) is 0 Å². The van der Waals surface area contributed by atoms with Crippen molar-refractivity contribution in [3.05, 3.63) is 40.4 Å². The van der Waals surface area contributed by atoms with Gasteiger partial charge in [0, 0.05) is 23.3 Å². The van der Waals surface area contributed by atoms with Crippen molar-refractivity contribution < 1.29 is 19.1 Å². The number of halogens is 1. The summed E-state index contributed by atoms with van der Waals surface area (Å²) in [6.07, 6.45) is 1.30. The standard InChI is InChI=1S/C18H23ClN2O4/c1-5-21(17(23)11-25-18(24)8-12(2)3)10-16(22)20-15-9-14(19)7-6-13(15)4/h6-9H,5,10-11H2,1-4H3,(H,20,22). The molecule has 0 aliphatic carbocycles. The molecule has 6 nitrogen and oxygen atoms in total. The minimum absolute atomic E-state index is 0.137. The highest BCUT2D eigenvalue weighted by Crippen LogP contribution is 2.20. The van der Waals surface area contributed by atoms with E-state index in [2.05, 4.69) is 5.32 Å². The first-order valence-corrected chi connectivity index (χ1v) is 8.26. The third-order valence-electron chi connectivity index (χ3n) is 3.29. The molecule has 0 spiro atoms. The molecule has 7 heteroatoms. The Hall–Kier alpha value is -2.34. The van der Waals surface area contributed by atoms with Gasteiger partial charge in [0.25, 0.3) is 5.91 Å². The van der Waals surface area contributed by atoms with Crippen LogP contribution < -0.4 is 5.32 Å². The second kappa shape index (κ2) is 9.84. The molecule has 0 atom stereocenters. The van der Waals surface area contributed by atoms with Gasteiger partial charge in [-0.2, -0.15) is 0 Å². The Morgan fingerprint density at radius 1 is 1.28 bits per heavy atom. The van der Waals surface area contributed by atoms with Gasteiger partial charge in [-0.3, -0.25) is 9.59 Å². The van der Waals surface area contributed by atoms with E-state index in [0.717, 1.165) is 11.1 Å². The zero-order chi connectivity index (χ0) is 19.0. The summed E-state index contributed by atoms with van der Waals surface area (Å²) in [4.78, 5) is 37.0. The third kappa shape index (κ3) is 7.39. The van der Waals surface area contributed by atoms with Crippen molar-refractivity contribution in [3.8, 4) is 0 Å². The highest BCUT2D eigenvalue weighted by Gasteiger charge is 2.17. The van der Waals surface area contributed by atoms with Crippen LogP contribution in [0.15, 0.2) is 29.8 Å². The van der Waals surface area contributed by atoms with Gasteiger partial charge in [-0.1, -0.05) is 23.2 Å². The summed E-state index contributed by atoms with van der Waals surface area (Å²) in [5.74, 6) is -1.37. The molecule has 0 bridgehead atoms.